The van der Waals surface area contributed by atoms with Gasteiger partial charge in [-0.1, -0.05) is 17.3 Å². The zero-order chi connectivity index (χ0) is 22.5. The lowest BCUT2D eigenvalue weighted by atomic mass is 9.71. The molecule has 0 saturated heterocycles. The first kappa shape index (κ1) is 20.2. The predicted octanol–water partition coefficient (Wildman–Crippen LogP) is 3.12. The number of halogens is 3. The summed E-state index contributed by atoms with van der Waals surface area (Å²) in [5, 5.41) is 4.03. The monoisotopic (exact) mass is 446 g/mol. The molecule has 3 heterocycles. The van der Waals surface area contributed by atoms with Crippen molar-refractivity contribution in [2.45, 2.75) is 37.6 Å². The predicted molar refractivity (Wildman–Crippen MR) is 104 cm³/mol. The van der Waals surface area contributed by atoms with E-state index in [0.717, 1.165) is 18.4 Å². The maximum absolute atomic E-state index is 12.6. The van der Waals surface area contributed by atoms with E-state index in [-0.39, 0.29) is 29.7 Å². The van der Waals surface area contributed by atoms with Crippen molar-refractivity contribution in [2.75, 3.05) is 0 Å². The van der Waals surface area contributed by atoms with Crippen molar-refractivity contribution in [1.82, 2.24) is 29.2 Å². The Hall–Kier alpha value is -3.70. The first-order chi connectivity index (χ1) is 15.3. The van der Waals surface area contributed by atoms with Gasteiger partial charge >= 0.3 is 6.36 Å². The molecule has 1 fully saturated rings. The molecule has 1 saturated carbocycles. The first-order valence-electron chi connectivity index (χ1n) is 9.81. The summed E-state index contributed by atoms with van der Waals surface area (Å²) in [5.41, 5.74) is 1.44. The molecule has 4 aromatic rings. The second-order valence-corrected chi connectivity index (χ2v) is 7.73. The Morgan fingerprint density at radius 3 is 2.56 bits per heavy atom. The number of nitrogens with zero attached hydrogens (tertiary/aromatic N) is 6. The van der Waals surface area contributed by atoms with Gasteiger partial charge in [0.05, 0.1) is 6.33 Å². The molecule has 0 atom stereocenters. The van der Waals surface area contributed by atoms with Crippen LogP contribution in [-0.4, -0.2) is 35.6 Å². The lowest BCUT2D eigenvalue weighted by molar-refractivity contribution is -0.274. The molecule has 5 rings (SSSR count). The fraction of sp³-hybridized carbons (Fsp3) is 0.350. The third-order valence-electron chi connectivity index (χ3n) is 5.58. The molecule has 32 heavy (non-hydrogen) atoms. The van der Waals surface area contributed by atoms with E-state index in [0.29, 0.717) is 22.9 Å². The highest BCUT2D eigenvalue weighted by Gasteiger charge is 2.35. The molecule has 0 spiro atoms. The van der Waals surface area contributed by atoms with Crippen LogP contribution in [0.25, 0.3) is 11.2 Å². The second-order valence-electron chi connectivity index (χ2n) is 7.73. The van der Waals surface area contributed by atoms with E-state index in [1.807, 2.05) is 0 Å². The smallest absolute Gasteiger partial charge is 0.406 e. The van der Waals surface area contributed by atoms with Crippen LogP contribution in [0.1, 0.15) is 42.0 Å². The van der Waals surface area contributed by atoms with Gasteiger partial charge in [0.2, 0.25) is 5.89 Å². The molecule has 9 nitrogen and oxygen atoms in total. The minimum atomic E-state index is -4.70. The summed E-state index contributed by atoms with van der Waals surface area (Å²) in [6, 6.07) is 5.90. The highest BCUT2D eigenvalue weighted by atomic mass is 19.4. The van der Waals surface area contributed by atoms with E-state index in [1.165, 1.54) is 29.4 Å². The Morgan fingerprint density at radius 2 is 1.84 bits per heavy atom. The topological polar surface area (TPSA) is 101 Å². The van der Waals surface area contributed by atoms with Crippen molar-refractivity contribution >= 4 is 11.2 Å². The average Bonchev–Trinajstić information content (AvgIpc) is 3.30. The van der Waals surface area contributed by atoms with Crippen molar-refractivity contribution < 1.29 is 22.4 Å². The standard InChI is InChI=1S/C20H17F3N6O3/c1-28-9-24-18-16(28)19(30)29(10-25-18)8-15-26-17(27-32-15)13-6-12(7-13)11-2-4-14(5-3-11)31-20(21,22)23/h2-5,9-10,12-13H,6-8H2,1H3/t12-,13-. The van der Waals surface area contributed by atoms with E-state index < -0.39 is 6.36 Å². The van der Waals surface area contributed by atoms with Gasteiger partial charge in [-0.05, 0) is 36.5 Å². The van der Waals surface area contributed by atoms with Crippen LogP contribution >= 0.6 is 0 Å². The van der Waals surface area contributed by atoms with Crippen LogP contribution in [0.2, 0.25) is 0 Å². The normalized spacial score (nSPS) is 18.6. The summed E-state index contributed by atoms with van der Waals surface area (Å²) >= 11 is 0. The van der Waals surface area contributed by atoms with Crippen LogP contribution in [0.3, 0.4) is 0 Å². The van der Waals surface area contributed by atoms with Gasteiger partial charge in [0.25, 0.3) is 5.56 Å². The van der Waals surface area contributed by atoms with Crippen LogP contribution in [0.15, 0.2) is 46.2 Å². The minimum absolute atomic E-state index is 0.0815. The van der Waals surface area contributed by atoms with Crippen LogP contribution in [-0.2, 0) is 13.6 Å². The number of hydrogen-bond acceptors (Lipinski definition) is 7. The lowest BCUT2D eigenvalue weighted by Crippen LogP contribution is -2.23. The summed E-state index contributed by atoms with van der Waals surface area (Å²) in [6.07, 6.45) is -0.281. The molecular weight excluding hydrogens is 429 g/mol. The zero-order valence-electron chi connectivity index (χ0n) is 16.8. The molecule has 1 aromatic carbocycles. The van der Waals surface area contributed by atoms with Crippen LogP contribution in [0.5, 0.6) is 5.75 Å². The maximum atomic E-state index is 12.6. The second kappa shape index (κ2) is 7.46. The summed E-state index contributed by atoms with van der Waals surface area (Å²) in [5.74, 6) is 0.881. The highest BCUT2D eigenvalue weighted by molar-refractivity contribution is 5.68. The van der Waals surface area contributed by atoms with E-state index >= 15 is 0 Å². The molecule has 1 aliphatic rings. The first-order valence-corrected chi connectivity index (χ1v) is 9.81. The van der Waals surface area contributed by atoms with Gasteiger partial charge in [0.15, 0.2) is 17.0 Å². The maximum Gasteiger partial charge on any atom is 0.573 e. The molecular formula is C20H17F3N6O3. The van der Waals surface area contributed by atoms with Gasteiger partial charge in [-0.25, -0.2) is 9.97 Å². The molecule has 0 bridgehead atoms. The molecule has 0 unspecified atom stereocenters. The largest absolute Gasteiger partial charge is 0.573 e. The van der Waals surface area contributed by atoms with Crippen LogP contribution in [0, 0.1) is 0 Å². The van der Waals surface area contributed by atoms with Gasteiger partial charge in [0.1, 0.15) is 18.6 Å². The quantitative estimate of drug-likeness (QED) is 0.464. The molecule has 0 aliphatic heterocycles. The lowest BCUT2D eigenvalue weighted by Gasteiger charge is -2.33. The summed E-state index contributed by atoms with van der Waals surface area (Å²) < 4.78 is 49.0. The number of fused-ring (bicyclic) bond motifs is 1. The van der Waals surface area contributed by atoms with Crippen molar-refractivity contribution in [3.05, 3.63) is 64.6 Å². The number of aryl methyl sites for hydroxylation is 1. The molecule has 1 aliphatic carbocycles. The third-order valence-corrected chi connectivity index (χ3v) is 5.58. The van der Waals surface area contributed by atoms with E-state index in [4.69, 9.17) is 4.52 Å². The fourth-order valence-corrected chi connectivity index (χ4v) is 3.87. The Balaban J connectivity index is 1.23. The molecule has 166 valence electrons. The number of aromatic nitrogens is 6. The third kappa shape index (κ3) is 3.83. The summed E-state index contributed by atoms with van der Waals surface area (Å²) in [7, 11) is 1.72. The van der Waals surface area contributed by atoms with Gasteiger partial charge in [-0.15, -0.1) is 13.2 Å². The van der Waals surface area contributed by atoms with E-state index in [1.54, 1.807) is 23.7 Å². The number of ether oxygens (including phenoxy) is 1. The molecule has 12 heteroatoms. The van der Waals surface area contributed by atoms with Gasteiger partial charge in [0, 0.05) is 13.0 Å². The summed E-state index contributed by atoms with van der Waals surface area (Å²) in [4.78, 5) is 25.3. The molecule has 0 amide bonds. The minimum Gasteiger partial charge on any atom is -0.406 e. The van der Waals surface area contributed by atoms with Crippen molar-refractivity contribution in [1.29, 1.82) is 0 Å². The van der Waals surface area contributed by atoms with E-state index in [2.05, 4.69) is 24.8 Å². The van der Waals surface area contributed by atoms with Gasteiger partial charge < -0.3 is 13.8 Å². The number of benzene rings is 1. The van der Waals surface area contributed by atoms with Crippen LogP contribution < -0.4 is 10.3 Å². The molecule has 3 aromatic heterocycles. The van der Waals surface area contributed by atoms with Gasteiger partial charge in [-0.2, -0.15) is 4.98 Å². The number of hydrogen-bond donors (Lipinski definition) is 0. The molecule has 0 N–H and O–H groups in total. The average molecular weight is 446 g/mol. The SMILES string of the molecule is Cn1cnc2ncn(Cc3nc([C@H]4C[C@H](c5ccc(OC(F)(F)F)cc5)C4)no3)c(=O)c21. The van der Waals surface area contributed by atoms with Crippen molar-refractivity contribution in [3.8, 4) is 5.75 Å². The fourth-order valence-electron chi connectivity index (χ4n) is 3.87. The van der Waals surface area contributed by atoms with Gasteiger partial charge in [-0.3, -0.25) is 9.36 Å². The Bertz CT molecular complexity index is 1320. The Labute approximate surface area is 178 Å². The Kier molecular flexibility index (Phi) is 4.72. The summed E-state index contributed by atoms with van der Waals surface area (Å²) in [6.45, 7) is 0.0940. The van der Waals surface area contributed by atoms with Crippen LogP contribution in [0.4, 0.5) is 13.2 Å². The molecule has 0 radical (unpaired) electrons. The number of alkyl halides is 3. The van der Waals surface area contributed by atoms with Crippen molar-refractivity contribution in [2.24, 2.45) is 7.05 Å². The number of rotatable bonds is 5. The highest BCUT2D eigenvalue weighted by Crippen LogP contribution is 2.46. The van der Waals surface area contributed by atoms with E-state index in [9.17, 15) is 18.0 Å². The van der Waals surface area contributed by atoms with Crippen molar-refractivity contribution in [3.63, 3.8) is 0 Å². The Morgan fingerprint density at radius 1 is 1.12 bits per heavy atom. The zero-order valence-corrected chi connectivity index (χ0v) is 16.8. The number of imidazole rings is 1.